The summed E-state index contributed by atoms with van der Waals surface area (Å²) in [4.78, 5) is 71.7. The Balaban J connectivity index is 0.000000113. The number of hydrogen-bond acceptors (Lipinski definition) is 19. The average Bonchev–Trinajstić information content (AvgIpc) is 1.57. The van der Waals surface area contributed by atoms with Gasteiger partial charge >= 0.3 is 19.3 Å². The second kappa shape index (κ2) is 34.2. The number of benzene rings is 3. The van der Waals surface area contributed by atoms with Crippen LogP contribution in [0.2, 0.25) is 0 Å². The number of imidazole rings is 3. The Morgan fingerprint density at radius 1 is 0.437 bits per heavy atom. The third kappa shape index (κ3) is 17.2. The van der Waals surface area contributed by atoms with Crippen LogP contribution in [0.1, 0.15) is 236 Å². The van der Waals surface area contributed by atoms with Gasteiger partial charge in [-0.15, -0.1) is 0 Å². The molecular weight excluding hydrogens is 1650 g/mol. The number of ether oxygens (including phenoxy) is 5. The summed E-state index contributed by atoms with van der Waals surface area (Å²) in [6, 6.07) is 45.1. The number of halogens is 1. The first-order valence-electron chi connectivity index (χ1n) is 45.6. The van der Waals surface area contributed by atoms with Gasteiger partial charge in [-0.1, -0.05) is 36.4 Å². The molecule has 6 bridgehead atoms. The molecule has 12 aromatic rings. The lowest BCUT2D eigenvalue weighted by atomic mass is 9.78. The molecule has 126 heavy (non-hydrogen) atoms. The van der Waals surface area contributed by atoms with Crippen molar-refractivity contribution in [1.82, 2.24) is 73.7 Å². The van der Waals surface area contributed by atoms with E-state index >= 15 is 0 Å². The van der Waals surface area contributed by atoms with E-state index in [0.717, 1.165) is 174 Å². The first kappa shape index (κ1) is 84.8. The normalized spacial score (nSPS) is 21.5. The molecule has 7 aliphatic heterocycles. The van der Waals surface area contributed by atoms with E-state index in [1.54, 1.807) is 16.0 Å². The molecule has 0 spiro atoms. The van der Waals surface area contributed by atoms with Crippen LogP contribution in [-0.4, -0.2) is 168 Å². The van der Waals surface area contributed by atoms with Crippen molar-refractivity contribution < 1.29 is 42.6 Å². The standard InChI is InChI=1S/C33H37N5O3.C28H29N5O.C25H35BN2O5.C14H14BrN3/c1-20-6-5-7-27(35-20)29-30(38-23-10-8-22(18-23)31(38)36-29)21-9-11-26-25(19-21)28(12-15-34-26)40-24-13-16-37(17-14-24)32(39)41-33(2,3)4;1-17-3-2-4-24(31-17)26-27(33-20-7-5-19(15-20)28(33)32-26)18-6-8-23-22(16-18)25(11-14-30-23)34-21-9-12-29-13-10-21;1-23(2,3)31-22(29)28-14-11-18(12-15-28)30-21-10-13-27-20-9-8-17(16-19(20)21)26-32-24(4,5)25(6,7)33-26;1-8-3-2-4-11(16-8)12-13(15)18-10-6-5-9(7-10)14(18)17-12/h5-7,9,11-12,15,19,22-24H,8,10,13-14,16-18H2,1-4H3;2-4,6,8,11,14,16,19-21,29H,5,7,9-10,12-13,15H2,1H3;8-10,13,16,18H,11-12,14-15H2,1-7H3;2-4,9-10H,5-7H2,1H3. The van der Waals surface area contributed by atoms with Crippen molar-refractivity contribution in [3.8, 4) is 73.9 Å². The Kier molecular flexibility index (Phi) is 23.0. The van der Waals surface area contributed by atoms with Crippen molar-refractivity contribution in [3.63, 3.8) is 0 Å². The molecule has 2 amide bonds. The van der Waals surface area contributed by atoms with Crippen molar-refractivity contribution >= 4 is 73.4 Å². The van der Waals surface area contributed by atoms with Gasteiger partial charge in [0.15, 0.2) is 0 Å². The number of likely N-dealkylation sites (tertiary alicyclic amines) is 2. The van der Waals surface area contributed by atoms with Crippen LogP contribution in [0, 0.1) is 20.8 Å². The predicted octanol–water partition coefficient (Wildman–Crippen LogP) is 20.6. The van der Waals surface area contributed by atoms with Crippen LogP contribution in [0.15, 0.2) is 151 Å². The fourth-order valence-corrected chi connectivity index (χ4v) is 20.9. The maximum absolute atomic E-state index is 12.5. The number of fused-ring (bicyclic) bond motifs is 18. The summed E-state index contributed by atoms with van der Waals surface area (Å²) in [6.45, 7) is 30.1. The zero-order valence-electron chi connectivity index (χ0n) is 74.8. The van der Waals surface area contributed by atoms with E-state index in [9.17, 15) is 9.59 Å². The summed E-state index contributed by atoms with van der Waals surface area (Å²) < 4.78 is 51.5. The lowest BCUT2D eigenvalue weighted by Crippen LogP contribution is -2.44. The molecule has 654 valence electrons. The number of rotatable bonds is 12. The molecule has 6 atom stereocenters. The van der Waals surface area contributed by atoms with Gasteiger partial charge in [-0.05, 0) is 286 Å². The van der Waals surface area contributed by atoms with Gasteiger partial charge in [0, 0.05) is 151 Å². The van der Waals surface area contributed by atoms with Crippen LogP contribution < -0.4 is 25.0 Å². The highest BCUT2D eigenvalue weighted by Gasteiger charge is 2.52. The number of aromatic nitrogens is 12. The number of aryl methyl sites for hydroxylation is 3. The molecule has 0 radical (unpaired) electrons. The molecule has 16 heterocycles. The number of pyridine rings is 6. The minimum atomic E-state index is -0.497. The van der Waals surface area contributed by atoms with E-state index in [1.165, 1.54) is 86.5 Å². The maximum atomic E-state index is 12.5. The van der Waals surface area contributed by atoms with Gasteiger partial charge in [-0.3, -0.25) is 29.9 Å². The van der Waals surface area contributed by atoms with E-state index in [-0.39, 0.29) is 30.5 Å². The minimum absolute atomic E-state index is 0.0185. The molecule has 24 nitrogen and oxygen atoms in total. The molecule has 3 saturated carbocycles. The number of carbonyl (C=O) groups is 2. The van der Waals surface area contributed by atoms with Crippen LogP contribution in [0.5, 0.6) is 17.2 Å². The summed E-state index contributed by atoms with van der Waals surface area (Å²) in [5.74, 6) is 8.02. The van der Waals surface area contributed by atoms with Crippen molar-refractivity contribution in [3.05, 3.63) is 185 Å². The zero-order chi connectivity index (χ0) is 87.2. The molecule has 1 N–H and O–H groups in total. The molecule has 22 rings (SSSR count). The van der Waals surface area contributed by atoms with Gasteiger partial charge in [0.1, 0.15) is 85.9 Å². The number of nitrogens with zero attached hydrogens (tertiary/aromatic N) is 14. The van der Waals surface area contributed by atoms with E-state index in [0.29, 0.717) is 62.1 Å². The zero-order valence-corrected chi connectivity index (χ0v) is 76.4. The van der Waals surface area contributed by atoms with Crippen LogP contribution in [0.4, 0.5) is 9.59 Å². The quantitative estimate of drug-likeness (QED) is 0.112. The minimum Gasteiger partial charge on any atom is -0.490 e. The van der Waals surface area contributed by atoms with Crippen LogP contribution in [0.3, 0.4) is 0 Å². The lowest BCUT2D eigenvalue weighted by Gasteiger charge is -2.33. The first-order valence-corrected chi connectivity index (χ1v) is 46.4. The number of amides is 2. The topological polar surface area (TPSA) is 248 Å². The Morgan fingerprint density at radius 2 is 0.802 bits per heavy atom. The van der Waals surface area contributed by atoms with Crippen molar-refractivity contribution in [2.75, 3.05) is 39.3 Å². The summed E-state index contributed by atoms with van der Waals surface area (Å²) >= 11 is 3.73. The fraction of sp³-hybridized carbons (Fsp3) is 0.470. The number of carbonyl (C=O) groups excluding carboxylic acids is 2. The summed E-state index contributed by atoms with van der Waals surface area (Å²) in [7, 11) is -0.440. The largest absolute Gasteiger partial charge is 0.494 e. The van der Waals surface area contributed by atoms with Crippen LogP contribution in [-0.2, 0) is 18.8 Å². The fourth-order valence-electron chi connectivity index (χ4n) is 20.2. The average molecular weight is 1760 g/mol. The Labute approximate surface area is 746 Å². The van der Waals surface area contributed by atoms with Gasteiger partial charge in [0.2, 0.25) is 0 Å². The van der Waals surface area contributed by atoms with Crippen LogP contribution >= 0.6 is 15.9 Å². The maximum Gasteiger partial charge on any atom is 0.494 e. The van der Waals surface area contributed by atoms with Crippen molar-refractivity contribution in [2.24, 2.45) is 0 Å². The lowest BCUT2D eigenvalue weighted by molar-refractivity contribution is 0.00578. The van der Waals surface area contributed by atoms with E-state index < -0.39 is 29.5 Å². The Hall–Kier alpha value is -10.7. The summed E-state index contributed by atoms with van der Waals surface area (Å²) in [6.07, 6.45) is 21.5. The Bertz CT molecular complexity index is 6090. The number of nitrogens with one attached hydrogen (secondary N) is 1. The van der Waals surface area contributed by atoms with Gasteiger partial charge in [-0.2, -0.15) is 0 Å². The highest BCUT2D eigenvalue weighted by Crippen LogP contribution is 2.56. The molecule has 6 unspecified atom stereocenters. The monoisotopic (exact) mass is 1760 g/mol. The van der Waals surface area contributed by atoms with Crippen molar-refractivity contribution in [2.45, 2.75) is 263 Å². The Morgan fingerprint density at radius 3 is 1.20 bits per heavy atom. The summed E-state index contributed by atoms with van der Waals surface area (Å²) in [5.41, 5.74) is 15.3. The second-order valence-electron chi connectivity index (χ2n) is 38.9. The molecule has 7 fully saturated rings. The molecule has 3 aliphatic carbocycles. The summed E-state index contributed by atoms with van der Waals surface area (Å²) in [5, 5.41) is 6.41. The predicted molar refractivity (Wildman–Crippen MR) is 494 cm³/mol. The highest BCUT2D eigenvalue weighted by atomic mass is 79.9. The molecule has 10 aliphatic rings. The highest BCUT2D eigenvalue weighted by molar-refractivity contribution is 9.10. The van der Waals surface area contributed by atoms with Gasteiger partial charge in [-0.25, -0.2) is 24.5 Å². The van der Waals surface area contributed by atoms with E-state index in [2.05, 4.69) is 122 Å². The van der Waals surface area contributed by atoms with E-state index in [1.807, 2.05) is 163 Å². The van der Waals surface area contributed by atoms with Gasteiger partial charge < -0.3 is 61.8 Å². The second-order valence-corrected chi connectivity index (χ2v) is 39.7. The number of piperidine rings is 3. The third-order valence-corrected chi connectivity index (χ3v) is 27.9. The van der Waals surface area contributed by atoms with Crippen molar-refractivity contribution in [1.29, 1.82) is 0 Å². The molecular formula is C100H115BBrN15O9. The molecule has 3 aromatic carbocycles. The number of hydrogen-bond donors (Lipinski definition) is 1. The smallest absolute Gasteiger partial charge is 0.490 e. The molecule has 26 heteroatoms. The van der Waals surface area contributed by atoms with Gasteiger partial charge in [0.25, 0.3) is 0 Å². The SMILES string of the molecule is CC(C)(C)OC(=O)N1CCC(Oc2ccnc3ccc(B4OC(C)(C)C(C)(C)O4)cc23)CC1.Cc1cccc(-c2nc3n(c2-c2ccc4nccc(OC5CCN(C(=O)OC(C)(C)C)CC5)c4c2)C2CCC3C2)n1.Cc1cccc(-c2nc3n(c2-c2ccc4nccc(OC5CCNCC5)c4c2)C2CCC3C2)n1.Cc1cccc(-c2nc3n(c2Br)C2CCC3C2)n1. The third-order valence-electron chi connectivity index (χ3n) is 27.1. The molecule has 9 aromatic heterocycles. The van der Waals surface area contributed by atoms with E-state index in [4.69, 9.17) is 57.9 Å². The van der Waals surface area contributed by atoms with Gasteiger partial charge in [0.05, 0.1) is 56.2 Å². The molecule has 4 saturated heterocycles. The van der Waals surface area contributed by atoms with Crippen LogP contribution in [0.25, 0.3) is 89.4 Å². The first-order chi connectivity index (χ1) is 60.6.